The van der Waals surface area contributed by atoms with Crippen molar-refractivity contribution in [2.75, 3.05) is 11.1 Å². The number of hydrogen-bond donors (Lipinski definition) is 2. The van der Waals surface area contributed by atoms with Gasteiger partial charge in [0.15, 0.2) is 0 Å². The van der Waals surface area contributed by atoms with E-state index in [-0.39, 0.29) is 5.91 Å². The lowest BCUT2D eigenvalue weighted by Crippen LogP contribution is -2.13. The van der Waals surface area contributed by atoms with Crippen molar-refractivity contribution in [3.05, 3.63) is 58.1 Å². The zero-order chi connectivity index (χ0) is 14.0. The lowest BCUT2D eigenvalue weighted by molar-refractivity contribution is 0.102. The van der Waals surface area contributed by atoms with Crippen LogP contribution in [0.4, 0.5) is 11.4 Å². The molecule has 0 aliphatic heterocycles. The van der Waals surface area contributed by atoms with Gasteiger partial charge in [0, 0.05) is 11.4 Å². The molecule has 0 bridgehead atoms. The highest BCUT2D eigenvalue weighted by Gasteiger charge is 2.11. The number of nitrogens with two attached hydrogens (primary N) is 1. The maximum absolute atomic E-state index is 12.2. The first-order chi connectivity index (χ1) is 8.97. The highest BCUT2D eigenvalue weighted by molar-refractivity contribution is 6.34. The van der Waals surface area contributed by atoms with Crippen LogP contribution >= 0.6 is 11.6 Å². The topological polar surface area (TPSA) is 55.1 Å². The fraction of sp³-hybridized carbons (Fsp3) is 0.133. The van der Waals surface area contributed by atoms with Gasteiger partial charge in [-0.2, -0.15) is 0 Å². The molecule has 0 unspecified atom stereocenters. The number of carbonyl (C=O) groups excluding carboxylic acids is 1. The highest BCUT2D eigenvalue weighted by Crippen LogP contribution is 2.22. The largest absolute Gasteiger partial charge is 0.399 e. The predicted molar refractivity (Wildman–Crippen MR) is 79.7 cm³/mol. The molecule has 3 N–H and O–H groups in total. The average Bonchev–Trinajstić information content (AvgIpc) is 2.32. The standard InChI is InChI=1S/C15H15ClN2O/c1-9-3-5-12(13(16)7-9)15(19)18-14-6-4-11(17)8-10(14)2/h3-8H,17H2,1-2H3,(H,18,19). The van der Waals surface area contributed by atoms with Gasteiger partial charge in [0.25, 0.3) is 5.91 Å². The van der Waals surface area contributed by atoms with Crippen molar-refractivity contribution in [3.8, 4) is 0 Å². The zero-order valence-electron chi connectivity index (χ0n) is 10.8. The molecule has 0 fully saturated rings. The van der Waals surface area contributed by atoms with Crippen molar-refractivity contribution < 1.29 is 4.79 Å². The molecule has 0 spiro atoms. The molecule has 2 rings (SSSR count). The molecule has 2 aromatic rings. The van der Waals surface area contributed by atoms with E-state index in [9.17, 15) is 4.79 Å². The summed E-state index contributed by atoms with van der Waals surface area (Å²) in [5, 5.41) is 3.28. The normalized spacial score (nSPS) is 10.3. The van der Waals surface area contributed by atoms with Crippen LogP contribution in [-0.2, 0) is 0 Å². The molecule has 2 aromatic carbocycles. The summed E-state index contributed by atoms with van der Waals surface area (Å²) in [4.78, 5) is 12.2. The van der Waals surface area contributed by atoms with Crippen LogP contribution in [0.2, 0.25) is 5.02 Å². The molecule has 0 saturated carbocycles. The average molecular weight is 275 g/mol. The molecule has 0 atom stereocenters. The minimum atomic E-state index is -0.224. The number of rotatable bonds is 2. The Morgan fingerprint density at radius 3 is 2.53 bits per heavy atom. The summed E-state index contributed by atoms with van der Waals surface area (Å²) in [6.45, 7) is 3.82. The summed E-state index contributed by atoms with van der Waals surface area (Å²) in [6.07, 6.45) is 0. The monoisotopic (exact) mass is 274 g/mol. The van der Waals surface area contributed by atoms with Crippen molar-refractivity contribution in [3.63, 3.8) is 0 Å². The molecule has 0 saturated heterocycles. The Morgan fingerprint density at radius 1 is 1.16 bits per heavy atom. The SMILES string of the molecule is Cc1ccc(C(=O)Nc2ccc(N)cc2C)c(Cl)c1. The molecular weight excluding hydrogens is 260 g/mol. The van der Waals surface area contributed by atoms with E-state index in [0.29, 0.717) is 16.3 Å². The van der Waals surface area contributed by atoms with Crippen LogP contribution < -0.4 is 11.1 Å². The smallest absolute Gasteiger partial charge is 0.257 e. The molecule has 3 nitrogen and oxygen atoms in total. The van der Waals surface area contributed by atoms with E-state index in [1.165, 1.54) is 0 Å². The predicted octanol–water partition coefficient (Wildman–Crippen LogP) is 3.79. The van der Waals surface area contributed by atoms with Crippen LogP contribution in [-0.4, -0.2) is 5.91 Å². The first-order valence-electron chi connectivity index (χ1n) is 5.91. The van der Waals surface area contributed by atoms with Crippen LogP contribution in [0.1, 0.15) is 21.5 Å². The summed E-state index contributed by atoms with van der Waals surface area (Å²) < 4.78 is 0. The summed E-state index contributed by atoms with van der Waals surface area (Å²) in [6, 6.07) is 10.7. The summed E-state index contributed by atoms with van der Waals surface area (Å²) in [5.74, 6) is -0.224. The maximum atomic E-state index is 12.2. The van der Waals surface area contributed by atoms with Gasteiger partial charge in [-0.15, -0.1) is 0 Å². The molecule has 0 aliphatic rings. The second-order valence-corrected chi connectivity index (χ2v) is 4.92. The van der Waals surface area contributed by atoms with Gasteiger partial charge >= 0.3 is 0 Å². The van der Waals surface area contributed by atoms with E-state index in [1.807, 2.05) is 26.0 Å². The summed E-state index contributed by atoms with van der Waals surface area (Å²) in [5.41, 5.74) is 9.47. The summed E-state index contributed by atoms with van der Waals surface area (Å²) >= 11 is 6.07. The lowest BCUT2D eigenvalue weighted by atomic mass is 10.1. The third-order valence-corrected chi connectivity index (χ3v) is 3.18. The Hall–Kier alpha value is -2.00. The second-order valence-electron chi connectivity index (χ2n) is 4.51. The first-order valence-corrected chi connectivity index (χ1v) is 6.29. The Kier molecular flexibility index (Phi) is 3.76. The summed E-state index contributed by atoms with van der Waals surface area (Å²) in [7, 11) is 0. The Balaban J connectivity index is 2.25. The van der Waals surface area contributed by atoms with Gasteiger partial charge in [-0.05, 0) is 55.3 Å². The van der Waals surface area contributed by atoms with E-state index in [1.54, 1.807) is 24.3 Å². The van der Waals surface area contributed by atoms with Gasteiger partial charge in [0.1, 0.15) is 0 Å². The maximum Gasteiger partial charge on any atom is 0.257 e. The molecule has 4 heteroatoms. The minimum absolute atomic E-state index is 0.224. The van der Waals surface area contributed by atoms with E-state index < -0.39 is 0 Å². The van der Waals surface area contributed by atoms with Crippen molar-refractivity contribution in [2.45, 2.75) is 13.8 Å². The third kappa shape index (κ3) is 3.06. The first kappa shape index (κ1) is 13.4. The van der Waals surface area contributed by atoms with Gasteiger partial charge in [0.05, 0.1) is 10.6 Å². The number of nitrogens with one attached hydrogen (secondary N) is 1. The van der Waals surface area contributed by atoms with Crippen LogP contribution in [0.3, 0.4) is 0 Å². The molecule has 0 radical (unpaired) electrons. The molecular formula is C15H15ClN2O. The number of hydrogen-bond acceptors (Lipinski definition) is 2. The van der Waals surface area contributed by atoms with E-state index in [4.69, 9.17) is 17.3 Å². The Morgan fingerprint density at radius 2 is 1.89 bits per heavy atom. The van der Waals surface area contributed by atoms with Gasteiger partial charge in [-0.1, -0.05) is 17.7 Å². The fourth-order valence-corrected chi connectivity index (χ4v) is 2.14. The van der Waals surface area contributed by atoms with Gasteiger partial charge < -0.3 is 11.1 Å². The van der Waals surface area contributed by atoms with Crippen LogP contribution in [0, 0.1) is 13.8 Å². The van der Waals surface area contributed by atoms with Gasteiger partial charge in [-0.25, -0.2) is 0 Å². The Labute approximate surface area is 117 Å². The molecule has 98 valence electrons. The number of aryl methyl sites for hydroxylation is 2. The van der Waals surface area contributed by atoms with Crippen LogP contribution in [0.5, 0.6) is 0 Å². The number of carbonyl (C=O) groups is 1. The molecule has 0 aliphatic carbocycles. The number of amides is 1. The van der Waals surface area contributed by atoms with Crippen LogP contribution in [0.15, 0.2) is 36.4 Å². The highest BCUT2D eigenvalue weighted by atomic mass is 35.5. The van der Waals surface area contributed by atoms with Crippen molar-refractivity contribution in [2.24, 2.45) is 0 Å². The van der Waals surface area contributed by atoms with Crippen molar-refractivity contribution >= 4 is 28.9 Å². The minimum Gasteiger partial charge on any atom is -0.399 e. The third-order valence-electron chi connectivity index (χ3n) is 2.87. The quantitative estimate of drug-likeness (QED) is 0.819. The number of nitrogen functional groups attached to an aromatic ring is 1. The molecule has 0 aromatic heterocycles. The number of anilines is 2. The zero-order valence-corrected chi connectivity index (χ0v) is 11.6. The molecule has 1 amide bonds. The Bertz CT molecular complexity index is 638. The number of halogens is 1. The lowest BCUT2D eigenvalue weighted by Gasteiger charge is -2.10. The number of benzene rings is 2. The van der Waals surface area contributed by atoms with E-state index >= 15 is 0 Å². The van der Waals surface area contributed by atoms with E-state index in [0.717, 1.165) is 16.8 Å². The molecule has 19 heavy (non-hydrogen) atoms. The van der Waals surface area contributed by atoms with Crippen molar-refractivity contribution in [1.82, 2.24) is 0 Å². The van der Waals surface area contributed by atoms with Crippen LogP contribution in [0.25, 0.3) is 0 Å². The van der Waals surface area contributed by atoms with Gasteiger partial charge in [0.2, 0.25) is 0 Å². The van der Waals surface area contributed by atoms with Crippen molar-refractivity contribution in [1.29, 1.82) is 0 Å². The fourth-order valence-electron chi connectivity index (χ4n) is 1.82. The molecule has 0 heterocycles. The van der Waals surface area contributed by atoms with E-state index in [2.05, 4.69) is 5.32 Å². The van der Waals surface area contributed by atoms with Gasteiger partial charge in [-0.3, -0.25) is 4.79 Å². The second kappa shape index (κ2) is 5.33.